The molecular weight excluding hydrogens is 292 g/mol. The van der Waals surface area contributed by atoms with Crippen molar-refractivity contribution >= 4 is 6.03 Å². The van der Waals surface area contributed by atoms with E-state index in [0.717, 1.165) is 29.0 Å². The van der Waals surface area contributed by atoms with Gasteiger partial charge < -0.3 is 14.6 Å². The van der Waals surface area contributed by atoms with E-state index in [1.807, 2.05) is 36.7 Å². The summed E-state index contributed by atoms with van der Waals surface area (Å²) in [4.78, 5) is 15.6. The second-order valence-corrected chi connectivity index (χ2v) is 5.08. The van der Waals surface area contributed by atoms with E-state index in [0.29, 0.717) is 6.54 Å². The molecule has 23 heavy (non-hydrogen) atoms. The molecule has 0 spiro atoms. The number of ether oxygens (including phenoxy) is 1. The molecule has 0 saturated carbocycles. The number of hydrogen-bond donors (Lipinski definition) is 2. The molecule has 2 amide bonds. The molecule has 2 aromatic rings. The van der Waals surface area contributed by atoms with Crippen LogP contribution >= 0.6 is 0 Å². The Bertz CT molecular complexity index is 693. The van der Waals surface area contributed by atoms with Crippen LogP contribution < -0.4 is 15.4 Å². The van der Waals surface area contributed by atoms with Crippen LogP contribution in [0.1, 0.15) is 25.0 Å². The maximum absolute atomic E-state index is 11.5. The highest BCUT2D eigenvalue weighted by Crippen LogP contribution is 2.28. The van der Waals surface area contributed by atoms with E-state index in [-0.39, 0.29) is 11.9 Å². The van der Waals surface area contributed by atoms with E-state index in [1.54, 1.807) is 12.5 Å². The minimum absolute atomic E-state index is 0.198. The number of nitrogens with one attached hydrogen (secondary N) is 2. The van der Waals surface area contributed by atoms with Crippen molar-refractivity contribution < 1.29 is 9.53 Å². The highest BCUT2D eigenvalue weighted by molar-refractivity contribution is 5.75. The van der Waals surface area contributed by atoms with Gasteiger partial charge in [0.15, 0.2) is 5.88 Å². The second kappa shape index (κ2) is 7.49. The Morgan fingerprint density at radius 3 is 2.78 bits per heavy atom. The fourth-order valence-electron chi connectivity index (χ4n) is 2.28. The maximum atomic E-state index is 11.5. The first kappa shape index (κ1) is 16.6. The molecule has 0 aliphatic heterocycles. The monoisotopic (exact) mass is 314 g/mol. The molecule has 0 unspecified atom stereocenters. The Morgan fingerprint density at radius 2 is 2.17 bits per heavy atom. The smallest absolute Gasteiger partial charge is 0.321 e. The van der Waals surface area contributed by atoms with Crippen LogP contribution in [0.4, 0.5) is 4.79 Å². The minimum atomic E-state index is -0.330. The van der Waals surface area contributed by atoms with E-state index in [9.17, 15) is 4.79 Å². The van der Waals surface area contributed by atoms with Crippen LogP contribution in [0.25, 0.3) is 5.69 Å². The molecule has 0 aliphatic carbocycles. The zero-order chi connectivity index (χ0) is 16.8. The molecule has 0 atom stereocenters. The fourth-order valence-corrected chi connectivity index (χ4v) is 2.28. The standard InChI is InChI=1S/C17H22N4O2/c1-5-14-10-15(21-8-7-18-11-21)9-12(3)16(14)23-13(4)20-17(22)19-6-2/h7-11H,4-6H2,1-3H3,(H2,19,20,22). The number of amides is 2. The quantitative estimate of drug-likeness (QED) is 0.806. The lowest BCUT2D eigenvalue weighted by Gasteiger charge is -2.17. The van der Waals surface area contributed by atoms with Gasteiger partial charge in [0.25, 0.3) is 0 Å². The molecule has 122 valence electrons. The van der Waals surface area contributed by atoms with Crippen LogP contribution in [0.5, 0.6) is 5.75 Å². The number of nitrogens with zero attached hydrogens (tertiary/aromatic N) is 2. The molecule has 1 aromatic carbocycles. The third-order valence-electron chi connectivity index (χ3n) is 3.34. The van der Waals surface area contributed by atoms with Crippen molar-refractivity contribution in [3.05, 3.63) is 54.4 Å². The topological polar surface area (TPSA) is 68.2 Å². The first-order chi connectivity index (χ1) is 11.0. The van der Waals surface area contributed by atoms with Crippen LogP contribution in [0.3, 0.4) is 0 Å². The van der Waals surface area contributed by atoms with Crippen molar-refractivity contribution in [1.29, 1.82) is 0 Å². The Balaban J connectivity index is 2.22. The number of carbonyl (C=O) groups is 1. The molecule has 2 rings (SSSR count). The Kier molecular flexibility index (Phi) is 5.41. The summed E-state index contributed by atoms with van der Waals surface area (Å²) in [6.07, 6.45) is 6.19. The lowest BCUT2D eigenvalue weighted by molar-refractivity contribution is 0.238. The molecule has 1 aromatic heterocycles. The summed E-state index contributed by atoms with van der Waals surface area (Å²) in [6, 6.07) is 3.72. The molecular formula is C17H22N4O2. The summed E-state index contributed by atoms with van der Waals surface area (Å²) in [5.74, 6) is 0.919. The van der Waals surface area contributed by atoms with E-state index in [4.69, 9.17) is 4.74 Å². The van der Waals surface area contributed by atoms with Gasteiger partial charge in [-0.15, -0.1) is 0 Å². The largest absolute Gasteiger partial charge is 0.441 e. The second-order valence-electron chi connectivity index (χ2n) is 5.08. The zero-order valence-corrected chi connectivity index (χ0v) is 13.7. The minimum Gasteiger partial charge on any atom is -0.441 e. The summed E-state index contributed by atoms with van der Waals surface area (Å²) < 4.78 is 7.71. The molecule has 0 radical (unpaired) electrons. The summed E-state index contributed by atoms with van der Waals surface area (Å²) in [5, 5.41) is 5.20. The van der Waals surface area contributed by atoms with Crippen molar-refractivity contribution in [2.24, 2.45) is 0 Å². The van der Waals surface area contributed by atoms with Gasteiger partial charge in [-0.3, -0.25) is 5.32 Å². The van der Waals surface area contributed by atoms with Crippen molar-refractivity contribution in [3.8, 4) is 11.4 Å². The van der Waals surface area contributed by atoms with Gasteiger partial charge in [-0.2, -0.15) is 0 Å². The molecule has 6 nitrogen and oxygen atoms in total. The van der Waals surface area contributed by atoms with Gasteiger partial charge in [0.05, 0.1) is 6.33 Å². The number of imidazole rings is 1. The first-order valence-corrected chi connectivity index (χ1v) is 7.58. The molecule has 0 saturated heterocycles. The lowest BCUT2D eigenvalue weighted by Crippen LogP contribution is -2.35. The highest BCUT2D eigenvalue weighted by Gasteiger charge is 2.12. The van der Waals surface area contributed by atoms with Crippen LogP contribution in [-0.4, -0.2) is 22.1 Å². The number of aromatic nitrogens is 2. The summed E-state index contributed by atoms with van der Waals surface area (Å²) in [5.41, 5.74) is 3.02. The summed E-state index contributed by atoms with van der Waals surface area (Å²) >= 11 is 0. The Morgan fingerprint density at radius 1 is 1.39 bits per heavy atom. The van der Waals surface area contributed by atoms with Crippen LogP contribution in [-0.2, 0) is 6.42 Å². The van der Waals surface area contributed by atoms with Gasteiger partial charge in [0, 0.05) is 24.6 Å². The number of benzene rings is 1. The molecule has 6 heteroatoms. The highest BCUT2D eigenvalue weighted by atomic mass is 16.5. The maximum Gasteiger partial charge on any atom is 0.321 e. The molecule has 0 fully saturated rings. The Labute approximate surface area is 136 Å². The number of carbonyl (C=O) groups excluding carboxylic acids is 1. The zero-order valence-electron chi connectivity index (χ0n) is 13.7. The van der Waals surface area contributed by atoms with Crippen LogP contribution in [0, 0.1) is 6.92 Å². The Hall–Kier alpha value is -2.76. The van der Waals surface area contributed by atoms with Gasteiger partial charge in [0.2, 0.25) is 0 Å². The molecule has 0 aliphatic rings. The molecule has 1 heterocycles. The van der Waals surface area contributed by atoms with E-state index >= 15 is 0 Å². The third-order valence-corrected chi connectivity index (χ3v) is 3.34. The SMILES string of the molecule is C=C(NC(=O)NCC)Oc1c(C)cc(-n2ccnc2)cc1CC. The predicted molar refractivity (Wildman–Crippen MR) is 89.7 cm³/mol. The summed E-state index contributed by atoms with van der Waals surface area (Å²) in [6.45, 7) is 10.2. The van der Waals surface area contributed by atoms with Crippen LogP contribution in [0.2, 0.25) is 0 Å². The molecule has 2 N–H and O–H groups in total. The van der Waals surface area contributed by atoms with Crippen molar-refractivity contribution in [1.82, 2.24) is 20.2 Å². The average Bonchev–Trinajstić information content (AvgIpc) is 3.03. The van der Waals surface area contributed by atoms with E-state index in [2.05, 4.69) is 29.1 Å². The number of aryl methyl sites for hydroxylation is 2. The number of rotatable bonds is 6. The van der Waals surface area contributed by atoms with Gasteiger partial charge >= 0.3 is 6.03 Å². The average molecular weight is 314 g/mol. The number of urea groups is 1. The third kappa shape index (κ3) is 4.12. The van der Waals surface area contributed by atoms with Crippen molar-refractivity contribution in [2.75, 3.05) is 6.54 Å². The normalized spacial score (nSPS) is 10.2. The fraction of sp³-hybridized carbons (Fsp3) is 0.294. The van der Waals surface area contributed by atoms with Crippen molar-refractivity contribution in [2.45, 2.75) is 27.2 Å². The van der Waals surface area contributed by atoms with Gasteiger partial charge in [0.1, 0.15) is 5.75 Å². The van der Waals surface area contributed by atoms with E-state index in [1.165, 1.54) is 0 Å². The summed E-state index contributed by atoms with van der Waals surface area (Å²) in [7, 11) is 0. The lowest BCUT2D eigenvalue weighted by atomic mass is 10.1. The van der Waals surface area contributed by atoms with Crippen molar-refractivity contribution in [3.63, 3.8) is 0 Å². The number of hydrogen-bond acceptors (Lipinski definition) is 3. The first-order valence-electron chi connectivity index (χ1n) is 7.58. The molecule has 0 bridgehead atoms. The van der Waals surface area contributed by atoms with Gasteiger partial charge in [-0.1, -0.05) is 6.92 Å². The van der Waals surface area contributed by atoms with Crippen LogP contribution in [0.15, 0.2) is 43.3 Å². The van der Waals surface area contributed by atoms with Gasteiger partial charge in [-0.05, 0) is 50.1 Å². The van der Waals surface area contributed by atoms with E-state index < -0.39 is 0 Å². The predicted octanol–water partition coefficient (Wildman–Crippen LogP) is 2.91. The van der Waals surface area contributed by atoms with Gasteiger partial charge in [-0.25, -0.2) is 9.78 Å².